The van der Waals surface area contributed by atoms with E-state index >= 15 is 0 Å². The zero-order valence-corrected chi connectivity index (χ0v) is 19.3. The number of hydrogen-bond donors (Lipinski definition) is 1. The Balaban J connectivity index is 1.59. The quantitative estimate of drug-likeness (QED) is 0.663. The van der Waals surface area contributed by atoms with Crippen LogP contribution in [-0.4, -0.2) is 43.8 Å². The van der Waals surface area contributed by atoms with Gasteiger partial charge in [-0.2, -0.15) is 4.31 Å². The second-order valence-corrected chi connectivity index (χ2v) is 10.9. The van der Waals surface area contributed by atoms with Crippen LogP contribution in [0.5, 0.6) is 0 Å². The topological polar surface area (TPSA) is 92.8 Å². The molecule has 0 spiro atoms. The first-order valence-electron chi connectivity index (χ1n) is 10.5. The van der Waals surface area contributed by atoms with Gasteiger partial charge < -0.3 is 10.1 Å². The molecular weight excluding hydrogens is 436 g/mol. The summed E-state index contributed by atoms with van der Waals surface area (Å²) in [5.74, 6) is -0.841. The molecule has 2 aromatic rings. The van der Waals surface area contributed by atoms with E-state index in [1.165, 1.54) is 15.6 Å². The molecule has 1 unspecified atom stereocenters. The number of amides is 1. The van der Waals surface area contributed by atoms with Crippen LogP contribution in [-0.2, 0) is 32.4 Å². The molecule has 31 heavy (non-hydrogen) atoms. The van der Waals surface area contributed by atoms with Crippen LogP contribution in [0.25, 0.3) is 0 Å². The number of ether oxygens (including phenoxy) is 1. The van der Waals surface area contributed by atoms with Crippen molar-refractivity contribution in [3.05, 3.63) is 45.8 Å². The Morgan fingerprint density at radius 1 is 1.19 bits per heavy atom. The molecule has 1 saturated heterocycles. The Morgan fingerprint density at radius 2 is 1.94 bits per heavy atom. The Hall–Kier alpha value is -2.23. The molecule has 2 aliphatic rings. The maximum Gasteiger partial charge on any atom is 0.341 e. The smallest absolute Gasteiger partial charge is 0.341 e. The zero-order chi connectivity index (χ0) is 22.2. The van der Waals surface area contributed by atoms with Crippen molar-refractivity contribution in [1.82, 2.24) is 4.31 Å². The molecule has 1 amide bonds. The number of carbonyl (C=O) groups excluding carboxylic acids is 2. The molecule has 1 aliphatic heterocycles. The lowest BCUT2D eigenvalue weighted by molar-refractivity contribution is -0.119. The molecule has 1 atom stereocenters. The van der Waals surface area contributed by atoms with Gasteiger partial charge in [-0.15, -0.1) is 11.3 Å². The average molecular weight is 463 g/mol. The average Bonchev–Trinajstić information content (AvgIpc) is 3.44. The first-order chi connectivity index (χ1) is 14.8. The standard InChI is InChI=1S/C22H26N2O5S2/c1-3-29-22(26)19-16-6-4-8-18(16)30-21(19)23-20(25)17-7-5-13-24(17)31(27,28)15-11-9-14(2)10-12-15/h9-12,17H,3-8,13H2,1-2H3,(H,23,25). The van der Waals surface area contributed by atoms with Gasteiger partial charge in [-0.25, -0.2) is 13.2 Å². The Morgan fingerprint density at radius 3 is 2.65 bits per heavy atom. The summed E-state index contributed by atoms with van der Waals surface area (Å²) < 4.78 is 32.8. The number of carbonyl (C=O) groups is 2. The molecule has 166 valence electrons. The number of nitrogens with zero attached hydrogens (tertiary/aromatic N) is 1. The van der Waals surface area contributed by atoms with E-state index in [2.05, 4.69) is 5.32 Å². The molecule has 0 saturated carbocycles. The fraction of sp³-hybridized carbons (Fsp3) is 0.455. The SMILES string of the molecule is CCOC(=O)c1c(NC(=O)C2CCCN2S(=O)(=O)c2ccc(C)cc2)sc2c1CCC2. The van der Waals surface area contributed by atoms with Crippen molar-refractivity contribution in [1.29, 1.82) is 0 Å². The van der Waals surface area contributed by atoms with Gasteiger partial charge in [0.15, 0.2) is 0 Å². The summed E-state index contributed by atoms with van der Waals surface area (Å²) >= 11 is 1.40. The Labute approximate surface area is 186 Å². The summed E-state index contributed by atoms with van der Waals surface area (Å²) in [7, 11) is -3.79. The molecule has 1 aliphatic carbocycles. The number of nitrogens with one attached hydrogen (secondary N) is 1. The summed E-state index contributed by atoms with van der Waals surface area (Å²) in [5, 5.41) is 3.32. The number of esters is 1. The number of hydrogen-bond acceptors (Lipinski definition) is 6. The predicted octanol–water partition coefficient (Wildman–Crippen LogP) is 3.51. The number of rotatable bonds is 6. The van der Waals surface area contributed by atoms with Gasteiger partial charge >= 0.3 is 5.97 Å². The van der Waals surface area contributed by atoms with Gasteiger partial charge in [0.25, 0.3) is 0 Å². The highest BCUT2D eigenvalue weighted by atomic mass is 32.2. The van der Waals surface area contributed by atoms with Gasteiger partial charge in [-0.1, -0.05) is 17.7 Å². The van der Waals surface area contributed by atoms with Crippen molar-refractivity contribution in [2.24, 2.45) is 0 Å². The van der Waals surface area contributed by atoms with Crippen molar-refractivity contribution in [2.45, 2.75) is 56.9 Å². The molecular formula is C22H26N2O5S2. The fourth-order valence-electron chi connectivity index (χ4n) is 4.24. The van der Waals surface area contributed by atoms with Crippen molar-refractivity contribution >= 4 is 38.2 Å². The third-order valence-electron chi connectivity index (χ3n) is 5.77. The lowest BCUT2D eigenvalue weighted by atomic mass is 10.1. The van der Waals surface area contributed by atoms with Crippen molar-refractivity contribution in [3.8, 4) is 0 Å². The third kappa shape index (κ3) is 4.14. The van der Waals surface area contributed by atoms with E-state index in [9.17, 15) is 18.0 Å². The van der Waals surface area contributed by atoms with Crippen LogP contribution in [0.1, 0.15) is 52.5 Å². The van der Waals surface area contributed by atoms with Crippen LogP contribution in [0.3, 0.4) is 0 Å². The highest BCUT2D eigenvalue weighted by Crippen LogP contribution is 2.40. The van der Waals surface area contributed by atoms with Gasteiger partial charge in [0.1, 0.15) is 11.0 Å². The molecule has 9 heteroatoms. The van der Waals surface area contributed by atoms with E-state index in [4.69, 9.17) is 4.74 Å². The number of sulfonamides is 1. The molecule has 2 heterocycles. The van der Waals surface area contributed by atoms with Crippen LogP contribution < -0.4 is 5.32 Å². The summed E-state index contributed by atoms with van der Waals surface area (Å²) in [4.78, 5) is 27.0. The number of thiophene rings is 1. The minimum Gasteiger partial charge on any atom is -0.462 e. The van der Waals surface area contributed by atoms with E-state index in [-0.39, 0.29) is 11.5 Å². The third-order valence-corrected chi connectivity index (χ3v) is 8.90. The van der Waals surface area contributed by atoms with E-state index in [1.807, 2.05) is 6.92 Å². The van der Waals surface area contributed by atoms with E-state index in [0.29, 0.717) is 30.0 Å². The molecule has 1 fully saturated rings. The summed E-state index contributed by atoms with van der Waals surface area (Å²) in [6.07, 6.45) is 3.69. The van der Waals surface area contributed by atoms with Crippen molar-refractivity contribution < 1.29 is 22.7 Å². The minimum absolute atomic E-state index is 0.181. The predicted molar refractivity (Wildman–Crippen MR) is 119 cm³/mol. The van der Waals surface area contributed by atoms with E-state index < -0.39 is 27.9 Å². The van der Waals surface area contributed by atoms with Crippen molar-refractivity contribution in [3.63, 3.8) is 0 Å². The lowest BCUT2D eigenvalue weighted by Gasteiger charge is -2.23. The second-order valence-electron chi connectivity index (χ2n) is 7.86. The van der Waals surface area contributed by atoms with Crippen LogP contribution in [0.4, 0.5) is 5.00 Å². The summed E-state index contributed by atoms with van der Waals surface area (Å²) in [5.41, 5.74) is 2.35. The number of benzene rings is 1. The molecule has 1 N–H and O–H groups in total. The normalized spacial score (nSPS) is 18.7. The molecule has 1 aromatic heterocycles. The van der Waals surface area contributed by atoms with Gasteiger partial charge in [0.05, 0.1) is 17.1 Å². The molecule has 1 aromatic carbocycles. The molecule has 0 radical (unpaired) electrons. The Kier molecular flexibility index (Phi) is 6.18. The maximum atomic E-state index is 13.2. The van der Waals surface area contributed by atoms with Crippen LogP contribution in [0.2, 0.25) is 0 Å². The van der Waals surface area contributed by atoms with E-state index in [0.717, 1.165) is 35.3 Å². The first kappa shape index (κ1) is 22.0. The molecule has 7 nitrogen and oxygen atoms in total. The van der Waals surface area contributed by atoms with Gasteiger partial charge in [-0.05, 0) is 63.6 Å². The lowest BCUT2D eigenvalue weighted by Crippen LogP contribution is -2.43. The second kappa shape index (κ2) is 8.72. The summed E-state index contributed by atoms with van der Waals surface area (Å²) in [6.45, 7) is 4.18. The highest BCUT2D eigenvalue weighted by molar-refractivity contribution is 7.89. The van der Waals surface area contributed by atoms with Gasteiger partial charge in [0, 0.05) is 11.4 Å². The zero-order valence-electron chi connectivity index (χ0n) is 17.6. The van der Waals surface area contributed by atoms with E-state index in [1.54, 1.807) is 31.2 Å². The van der Waals surface area contributed by atoms with Crippen LogP contribution in [0, 0.1) is 6.92 Å². The van der Waals surface area contributed by atoms with Crippen LogP contribution in [0.15, 0.2) is 29.2 Å². The van der Waals surface area contributed by atoms with Crippen molar-refractivity contribution in [2.75, 3.05) is 18.5 Å². The van der Waals surface area contributed by atoms with Gasteiger partial charge in [0.2, 0.25) is 15.9 Å². The Bertz CT molecular complexity index is 1110. The highest BCUT2D eigenvalue weighted by Gasteiger charge is 2.40. The maximum absolute atomic E-state index is 13.2. The number of aryl methyl sites for hydroxylation is 2. The summed E-state index contributed by atoms with van der Waals surface area (Å²) in [6, 6.07) is 5.83. The molecule has 4 rings (SSSR count). The number of anilines is 1. The van der Waals surface area contributed by atoms with Gasteiger partial charge in [-0.3, -0.25) is 4.79 Å². The first-order valence-corrected chi connectivity index (χ1v) is 12.8. The molecule has 0 bridgehead atoms. The van der Waals surface area contributed by atoms with Crippen LogP contribution >= 0.6 is 11.3 Å². The monoisotopic (exact) mass is 462 g/mol. The fourth-order valence-corrected chi connectivity index (χ4v) is 7.18. The minimum atomic E-state index is -3.79. The largest absolute Gasteiger partial charge is 0.462 e. The number of fused-ring (bicyclic) bond motifs is 1.